The number of piperidine rings is 1. The summed E-state index contributed by atoms with van der Waals surface area (Å²) in [6.45, 7) is 0.785. The minimum absolute atomic E-state index is 0.0726. The second-order valence-corrected chi connectivity index (χ2v) is 6.75. The third-order valence-corrected chi connectivity index (χ3v) is 5.04. The predicted octanol–water partition coefficient (Wildman–Crippen LogP) is 3.96. The largest absolute Gasteiger partial charge is 0.465 e. The monoisotopic (exact) mass is 383 g/mol. The Balaban J connectivity index is 1.74. The Kier molecular flexibility index (Phi) is 6.66. The van der Waals surface area contributed by atoms with Crippen LogP contribution in [0.5, 0.6) is 0 Å². The molecule has 0 bridgehead atoms. The normalized spacial score (nSPS) is 19.1. The lowest BCUT2D eigenvalue weighted by molar-refractivity contribution is 0.00474. The number of ether oxygens (including phenoxy) is 3. The number of amides is 1. The molecule has 1 fully saturated rings. The Morgan fingerprint density at radius 2 is 1.75 bits per heavy atom. The molecule has 1 aliphatic heterocycles. The zero-order chi connectivity index (χ0) is 19.9. The quantitative estimate of drug-likeness (QED) is 0.731. The molecule has 0 aliphatic carbocycles. The van der Waals surface area contributed by atoms with Gasteiger partial charge in [0.05, 0.1) is 24.8 Å². The van der Waals surface area contributed by atoms with Gasteiger partial charge in [0.1, 0.15) is 6.61 Å². The van der Waals surface area contributed by atoms with Crippen molar-refractivity contribution in [1.29, 1.82) is 0 Å². The van der Waals surface area contributed by atoms with Crippen molar-refractivity contribution < 1.29 is 23.8 Å². The van der Waals surface area contributed by atoms with E-state index in [-0.39, 0.29) is 30.8 Å². The molecule has 0 spiro atoms. The molecule has 1 heterocycles. The highest BCUT2D eigenvalue weighted by atomic mass is 16.6. The van der Waals surface area contributed by atoms with Gasteiger partial charge in [-0.1, -0.05) is 42.5 Å². The first-order chi connectivity index (χ1) is 13.6. The van der Waals surface area contributed by atoms with Crippen molar-refractivity contribution in [3.05, 3.63) is 71.3 Å². The first-order valence-corrected chi connectivity index (χ1v) is 9.30. The number of benzene rings is 2. The molecule has 2 atom stereocenters. The van der Waals surface area contributed by atoms with Gasteiger partial charge in [-0.15, -0.1) is 0 Å². The van der Waals surface area contributed by atoms with E-state index in [9.17, 15) is 9.59 Å². The van der Waals surface area contributed by atoms with Crippen LogP contribution in [0.1, 0.15) is 40.4 Å². The van der Waals surface area contributed by atoms with Crippen LogP contribution in [0, 0.1) is 0 Å². The SMILES string of the molecule is COC(=O)c1ccc([C@@H]2C[C@@H](OC)CCN2C(=O)OCc2ccccc2)cc1. The molecule has 6 heteroatoms. The highest BCUT2D eigenvalue weighted by Gasteiger charge is 2.33. The van der Waals surface area contributed by atoms with Crippen LogP contribution in [0.25, 0.3) is 0 Å². The number of likely N-dealkylation sites (tertiary alicyclic amines) is 1. The van der Waals surface area contributed by atoms with Gasteiger partial charge in [0.15, 0.2) is 0 Å². The van der Waals surface area contributed by atoms with Crippen LogP contribution >= 0.6 is 0 Å². The maximum absolute atomic E-state index is 12.8. The molecule has 1 aliphatic rings. The van der Waals surface area contributed by atoms with Crippen LogP contribution in [0.2, 0.25) is 0 Å². The molecular weight excluding hydrogens is 358 g/mol. The number of carbonyl (C=O) groups is 2. The molecule has 0 unspecified atom stereocenters. The maximum atomic E-state index is 12.8. The smallest absolute Gasteiger partial charge is 0.410 e. The number of hydrogen-bond donors (Lipinski definition) is 0. The van der Waals surface area contributed by atoms with Crippen LogP contribution in [-0.2, 0) is 20.8 Å². The van der Waals surface area contributed by atoms with Gasteiger partial charge in [-0.05, 0) is 36.1 Å². The van der Waals surface area contributed by atoms with E-state index in [0.29, 0.717) is 18.5 Å². The summed E-state index contributed by atoms with van der Waals surface area (Å²) in [6.07, 6.45) is 1.16. The molecular formula is C22H25NO5. The molecule has 1 saturated heterocycles. The topological polar surface area (TPSA) is 65.1 Å². The van der Waals surface area contributed by atoms with Gasteiger partial charge < -0.3 is 19.1 Å². The number of rotatable bonds is 5. The molecule has 0 radical (unpaired) electrons. The minimum atomic E-state index is -0.385. The number of methoxy groups -OCH3 is 2. The van der Waals surface area contributed by atoms with Crippen LogP contribution in [-0.4, -0.2) is 43.8 Å². The van der Waals surface area contributed by atoms with E-state index in [1.54, 1.807) is 24.1 Å². The van der Waals surface area contributed by atoms with Crippen molar-refractivity contribution in [2.75, 3.05) is 20.8 Å². The van der Waals surface area contributed by atoms with Crippen molar-refractivity contribution in [3.8, 4) is 0 Å². The summed E-state index contributed by atoms with van der Waals surface area (Å²) in [4.78, 5) is 26.2. The molecule has 0 N–H and O–H groups in total. The predicted molar refractivity (Wildman–Crippen MR) is 104 cm³/mol. The first-order valence-electron chi connectivity index (χ1n) is 9.30. The molecule has 0 saturated carbocycles. The van der Waals surface area contributed by atoms with Gasteiger partial charge in [-0.2, -0.15) is 0 Å². The van der Waals surface area contributed by atoms with E-state index >= 15 is 0 Å². The van der Waals surface area contributed by atoms with Gasteiger partial charge in [-0.25, -0.2) is 9.59 Å². The van der Waals surface area contributed by atoms with Crippen molar-refractivity contribution in [2.24, 2.45) is 0 Å². The molecule has 2 aromatic rings. The van der Waals surface area contributed by atoms with Crippen LogP contribution in [0.3, 0.4) is 0 Å². The maximum Gasteiger partial charge on any atom is 0.410 e. The van der Waals surface area contributed by atoms with Gasteiger partial charge in [0.2, 0.25) is 0 Å². The van der Waals surface area contributed by atoms with Gasteiger partial charge in [0.25, 0.3) is 0 Å². The average Bonchev–Trinajstić information content (AvgIpc) is 2.77. The number of nitrogens with zero attached hydrogens (tertiary/aromatic N) is 1. The summed E-state index contributed by atoms with van der Waals surface area (Å²) in [5.41, 5.74) is 2.36. The zero-order valence-corrected chi connectivity index (χ0v) is 16.2. The second kappa shape index (κ2) is 9.37. The standard InChI is InChI=1S/C22H25NO5/c1-26-19-12-13-23(22(25)28-15-16-6-4-3-5-7-16)20(14-19)17-8-10-18(11-9-17)21(24)27-2/h3-11,19-20H,12-15H2,1-2H3/t19-,20-/m0/s1. The van der Waals surface area contributed by atoms with Gasteiger partial charge in [-0.3, -0.25) is 0 Å². The Labute approximate surface area is 165 Å². The first kappa shape index (κ1) is 19.9. The van der Waals surface area contributed by atoms with Crippen molar-refractivity contribution in [3.63, 3.8) is 0 Å². The Morgan fingerprint density at radius 1 is 1.04 bits per heavy atom. The Morgan fingerprint density at radius 3 is 2.39 bits per heavy atom. The van der Waals surface area contributed by atoms with Crippen molar-refractivity contribution >= 4 is 12.1 Å². The summed E-state index contributed by atoms with van der Waals surface area (Å²) >= 11 is 0. The fourth-order valence-electron chi connectivity index (χ4n) is 3.44. The summed E-state index contributed by atoms with van der Waals surface area (Å²) in [5, 5.41) is 0. The van der Waals surface area contributed by atoms with E-state index in [0.717, 1.165) is 17.5 Å². The summed E-state index contributed by atoms with van der Waals surface area (Å²) in [7, 11) is 3.04. The van der Waals surface area contributed by atoms with E-state index in [2.05, 4.69) is 0 Å². The molecule has 6 nitrogen and oxygen atoms in total. The van der Waals surface area contributed by atoms with Crippen molar-refractivity contribution in [2.45, 2.75) is 31.6 Å². The second-order valence-electron chi connectivity index (χ2n) is 6.75. The van der Waals surface area contributed by atoms with E-state index in [4.69, 9.17) is 14.2 Å². The lowest BCUT2D eigenvalue weighted by Crippen LogP contribution is -2.43. The number of carbonyl (C=O) groups excluding carboxylic acids is 2. The minimum Gasteiger partial charge on any atom is -0.465 e. The highest BCUT2D eigenvalue weighted by molar-refractivity contribution is 5.89. The zero-order valence-electron chi connectivity index (χ0n) is 16.2. The van der Waals surface area contributed by atoms with E-state index in [1.165, 1.54) is 7.11 Å². The Bertz CT molecular complexity index is 790. The number of esters is 1. The van der Waals surface area contributed by atoms with Crippen molar-refractivity contribution in [1.82, 2.24) is 4.90 Å². The van der Waals surface area contributed by atoms with Crippen LogP contribution in [0.4, 0.5) is 4.79 Å². The lowest BCUT2D eigenvalue weighted by Gasteiger charge is -2.38. The molecule has 2 aromatic carbocycles. The van der Waals surface area contributed by atoms with Crippen LogP contribution in [0.15, 0.2) is 54.6 Å². The summed E-state index contributed by atoms with van der Waals surface area (Å²) < 4.78 is 15.8. The summed E-state index contributed by atoms with van der Waals surface area (Å²) in [6, 6.07) is 16.6. The van der Waals surface area contributed by atoms with Gasteiger partial charge in [0, 0.05) is 13.7 Å². The molecule has 28 heavy (non-hydrogen) atoms. The lowest BCUT2D eigenvalue weighted by atomic mass is 9.93. The fourth-order valence-corrected chi connectivity index (χ4v) is 3.44. The van der Waals surface area contributed by atoms with Gasteiger partial charge >= 0.3 is 12.1 Å². The molecule has 0 aromatic heterocycles. The van der Waals surface area contributed by atoms with Crippen LogP contribution < -0.4 is 0 Å². The molecule has 148 valence electrons. The highest BCUT2D eigenvalue weighted by Crippen LogP contribution is 2.33. The molecule has 3 rings (SSSR count). The fraction of sp³-hybridized carbons (Fsp3) is 0.364. The molecule has 1 amide bonds. The summed E-state index contributed by atoms with van der Waals surface area (Å²) in [5.74, 6) is -0.385. The third-order valence-electron chi connectivity index (χ3n) is 5.04. The average molecular weight is 383 g/mol. The van der Waals surface area contributed by atoms with E-state index in [1.807, 2.05) is 42.5 Å². The Hall–Kier alpha value is -2.86. The van der Waals surface area contributed by atoms with E-state index < -0.39 is 0 Å². The third kappa shape index (κ3) is 4.70. The number of hydrogen-bond acceptors (Lipinski definition) is 5.